The Morgan fingerprint density at radius 2 is 1.87 bits per heavy atom. The lowest BCUT2D eigenvalue weighted by Crippen LogP contribution is -2.60. The average molecular weight is 470 g/mol. The van der Waals surface area contributed by atoms with Gasteiger partial charge >= 0.3 is 0 Å². The van der Waals surface area contributed by atoms with Crippen molar-refractivity contribution < 1.29 is 34.7 Å². The van der Waals surface area contributed by atoms with Crippen LogP contribution in [0.2, 0.25) is 0 Å². The lowest BCUT2D eigenvalue weighted by molar-refractivity contribution is -0.277. The first-order valence-corrected chi connectivity index (χ1v) is 10.3. The summed E-state index contributed by atoms with van der Waals surface area (Å²) in [5.74, 6) is -0.176. The summed E-state index contributed by atoms with van der Waals surface area (Å²) in [6.07, 6.45) is -5.47. The third kappa shape index (κ3) is 3.62. The van der Waals surface area contributed by atoms with Gasteiger partial charge in [-0.1, -0.05) is 37.0 Å². The molecular weight excluding hydrogens is 449 g/mol. The second-order valence-electron chi connectivity index (χ2n) is 8.13. The maximum Gasteiger partial charge on any atom is 0.229 e. The minimum atomic E-state index is -1.55. The van der Waals surface area contributed by atoms with Crippen LogP contribution in [-0.2, 0) is 14.9 Å². The van der Waals surface area contributed by atoms with Gasteiger partial charge in [-0.3, -0.25) is 4.79 Å². The van der Waals surface area contributed by atoms with E-state index in [2.05, 4.69) is 4.99 Å². The Labute approximate surface area is 188 Å². The Morgan fingerprint density at radius 1 is 1.16 bits per heavy atom. The number of Topliss-reactive ketones (excluding diaryl/α,β-unsaturated/α-hetero) is 1. The van der Waals surface area contributed by atoms with Gasteiger partial charge in [-0.15, -0.1) is 0 Å². The quantitative estimate of drug-likeness (QED) is 0.492. The normalized spacial score (nSPS) is 32.1. The average Bonchev–Trinajstić information content (AvgIpc) is 2.72. The van der Waals surface area contributed by atoms with E-state index in [1.54, 1.807) is 18.2 Å². The SMILES string of the molecule is CC1(C)C2=C(Cl)C(=O)C(Cl)=CC2=Nc2ccc(O[C@@H]3OC(CO)[C@H](O)[C@H](O)C3O)cc21. The number of ether oxygens (including phenoxy) is 2. The molecule has 0 bridgehead atoms. The van der Waals surface area contributed by atoms with Crippen molar-refractivity contribution in [2.24, 2.45) is 4.99 Å². The van der Waals surface area contributed by atoms with Gasteiger partial charge in [0.05, 0.1) is 28.1 Å². The molecule has 1 aromatic rings. The number of carbonyl (C=O) groups is 1. The van der Waals surface area contributed by atoms with Gasteiger partial charge in [0.25, 0.3) is 0 Å². The van der Waals surface area contributed by atoms with E-state index >= 15 is 0 Å². The molecule has 5 atom stereocenters. The van der Waals surface area contributed by atoms with Gasteiger partial charge in [0, 0.05) is 11.0 Å². The molecule has 10 heteroatoms. The number of nitrogens with zero attached hydrogens (tertiary/aromatic N) is 1. The maximum absolute atomic E-state index is 12.3. The van der Waals surface area contributed by atoms with Crippen molar-refractivity contribution in [1.29, 1.82) is 0 Å². The summed E-state index contributed by atoms with van der Waals surface area (Å²) >= 11 is 12.3. The van der Waals surface area contributed by atoms with E-state index in [1.807, 2.05) is 13.8 Å². The molecule has 0 spiro atoms. The Kier molecular flexibility index (Phi) is 5.76. The third-order valence-corrected chi connectivity index (χ3v) is 6.40. The highest BCUT2D eigenvalue weighted by Gasteiger charge is 2.45. The van der Waals surface area contributed by atoms with Crippen molar-refractivity contribution in [3.05, 3.63) is 45.5 Å². The Hall–Kier alpha value is -1.78. The smallest absolute Gasteiger partial charge is 0.229 e. The zero-order valence-corrected chi connectivity index (χ0v) is 18.1. The van der Waals surface area contributed by atoms with Crippen molar-refractivity contribution in [1.82, 2.24) is 0 Å². The Bertz CT molecular complexity index is 1030. The zero-order valence-electron chi connectivity index (χ0n) is 16.6. The molecule has 1 aromatic carbocycles. The highest BCUT2D eigenvalue weighted by atomic mass is 35.5. The van der Waals surface area contributed by atoms with Gasteiger partial charge in [0.15, 0.2) is 0 Å². The minimum absolute atomic E-state index is 0.00200. The van der Waals surface area contributed by atoms with Crippen LogP contribution in [-0.4, -0.2) is 69.2 Å². The number of rotatable bonds is 3. The zero-order chi connectivity index (χ0) is 22.7. The van der Waals surface area contributed by atoms with Crippen LogP contribution >= 0.6 is 23.2 Å². The summed E-state index contributed by atoms with van der Waals surface area (Å²) in [6, 6.07) is 4.99. The van der Waals surface area contributed by atoms with E-state index < -0.39 is 48.5 Å². The highest BCUT2D eigenvalue weighted by molar-refractivity contribution is 6.58. The summed E-state index contributed by atoms with van der Waals surface area (Å²) in [5, 5.41) is 39.4. The van der Waals surface area contributed by atoms with E-state index in [0.29, 0.717) is 28.3 Å². The topological polar surface area (TPSA) is 129 Å². The number of aliphatic hydroxyl groups excluding tert-OH is 4. The van der Waals surface area contributed by atoms with Crippen molar-refractivity contribution >= 4 is 40.4 Å². The number of carbonyl (C=O) groups excluding carboxylic acids is 1. The Morgan fingerprint density at radius 3 is 2.55 bits per heavy atom. The van der Waals surface area contributed by atoms with Crippen LogP contribution in [0, 0.1) is 0 Å². The summed E-state index contributed by atoms with van der Waals surface area (Å²) < 4.78 is 11.1. The molecule has 0 amide bonds. The molecule has 2 heterocycles. The lowest BCUT2D eigenvalue weighted by atomic mass is 9.71. The summed E-state index contributed by atoms with van der Waals surface area (Å²) in [4.78, 5) is 16.9. The molecule has 2 aliphatic heterocycles. The predicted octanol–water partition coefficient (Wildman–Crippen LogP) is 1.43. The molecular formula is C21H21Cl2NO7. The number of hydrogen-bond acceptors (Lipinski definition) is 8. The molecule has 2 unspecified atom stereocenters. The fraction of sp³-hybridized carbons (Fsp3) is 0.429. The van der Waals surface area contributed by atoms with Crippen molar-refractivity contribution in [3.63, 3.8) is 0 Å². The highest BCUT2D eigenvalue weighted by Crippen LogP contribution is 2.47. The van der Waals surface area contributed by atoms with Gasteiger partial charge in [-0.05, 0) is 29.8 Å². The number of fused-ring (bicyclic) bond motifs is 2. The van der Waals surface area contributed by atoms with Gasteiger partial charge in [0.2, 0.25) is 12.1 Å². The van der Waals surface area contributed by atoms with E-state index in [4.69, 9.17) is 32.7 Å². The minimum Gasteiger partial charge on any atom is -0.462 e. The molecule has 0 radical (unpaired) electrons. The van der Waals surface area contributed by atoms with Crippen molar-refractivity contribution in [2.45, 2.75) is 50.0 Å². The van der Waals surface area contributed by atoms with Crippen molar-refractivity contribution in [2.75, 3.05) is 6.61 Å². The number of hydrogen-bond donors (Lipinski definition) is 4. The van der Waals surface area contributed by atoms with Gasteiger partial charge in [-0.25, -0.2) is 4.99 Å². The molecule has 1 aliphatic carbocycles. The molecule has 1 fully saturated rings. The molecule has 1 saturated heterocycles. The van der Waals surface area contributed by atoms with Crippen LogP contribution in [0.1, 0.15) is 19.4 Å². The molecule has 0 aromatic heterocycles. The van der Waals surface area contributed by atoms with Crippen molar-refractivity contribution in [3.8, 4) is 5.75 Å². The van der Waals surface area contributed by atoms with Crippen LogP contribution in [0.4, 0.5) is 5.69 Å². The first-order valence-electron chi connectivity index (χ1n) is 9.59. The second kappa shape index (κ2) is 7.97. The monoisotopic (exact) mass is 469 g/mol. The van der Waals surface area contributed by atoms with E-state index in [-0.39, 0.29) is 10.1 Å². The molecule has 0 saturated carbocycles. The molecule has 31 heavy (non-hydrogen) atoms. The third-order valence-electron chi connectivity index (χ3n) is 5.76. The summed E-state index contributed by atoms with van der Waals surface area (Å²) in [5.41, 5.74) is 1.67. The number of allylic oxidation sites excluding steroid dienone is 4. The second-order valence-corrected chi connectivity index (χ2v) is 8.91. The van der Waals surface area contributed by atoms with Gasteiger partial charge in [-0.2, -0.15) is 0 Å². The summed E-state index contributed by atoms with van der Waals surface area (Å²) in [7, 11) is 0. The van der Waals surface area contributed by atoms with Crippen LogP contribution in [0.25, 0.3) is 0 Å². The largest absolute Gasteiger partial charge is 0.462 e. The van der Waals surface area contributed by atoms with Gasteiger partial charge < -0.3 is 29.9 Å². The maximum atomic E-state index is 12.3. The molecule has 166 valence electrons. The van der Waals surface area contributed by atoms with Crippen LogP contribution in [0.5, 0.6) is 5.75 Å². The first kappa shape index (κ1) is 22.4. The fourth-order valence-corrected chi connectivity index (χ4v) is 4.70. The van der Waals surface area contributed by atoms with Gasteiger partial charge in [0.1, 0.15) is 30.2 Å². The molecule has 3 aliphatic rings. The predicted molar refractivity (Wildman–Crippen MR) is 113 cm³/mol. The number of ketones is 1. The molecule has 4 rings (SSSR count). The first-order chi connectivity index (χ1) is 14.6. The van der Waals surface area contributed by atoms with E-state index in [9.17, 15) is 25.2 Å². The summed E-state index contributed by atoms with van der Waals surface area (Å²) in [6.45, 7) is 3.21. The van der Waals surface area contributed by atoms with E-state index in [1.165, 1.54) is 6.08 Å². The number of halogens is 2. The number of aliphatic hydroxyl groups is 4. The lowest BCUT2D eigenvalue weighted by Gasteiger charge is -2.40. The van der Waals surface area contributed by atoms with E-state index in [0.717, 1.165) is 0 Å². The van der Waals surface area contributed by atoms with Crippen LogP contribution in [0.3, 0.4) is 0 Å². The standard InChI is InChI=1S/C21H21Cl2NO7/c1-21(2)9-5-8(30-20-19(29)18(28)17(27)13(7-25)31-20)3-4-11(9)24-12-6-10(22)16(26)15(23)14(12)21/h3-6,13,17-20,25,27-29H,7H2,1-2H3/t13?,17-,18-,19?,20+/m0/s1. The van der Waals surface area contributed by atoms with Crippen LogP contribution < -0.4 is 4.74 Å². The number of aliphatic imine (C=N–C) groups is 1. The molecule has 4 N–H and O–H groups in total. The van der Waals surface area contributed by atoms with Crippen LogP contribution in [0.15, 0.2) is 44.9 Å². The number of benzene rings is 1. The Balaban J connectivity index is 1.70. The fourth-order valence-electron chi connectivity index (χ4n) is 4.02. The molecule has 8 nitrogen and oxygen atoms in total.